The van der Waals surface area contributed by atoms with E-state index in [9.17, 15) is 17.6 Å². The van der Waals surface area contributed by atoms with Crippen molar-refractivity contribution >= 4 is 21.6 Å². The van der Waals surface area contributed by atoms with Crippen LogP contribution in [0.4, 0.5) is 10.1 Å². The van der Waals surface area contributed by atoms with Crippen LogP contribution in [0.5, 0.6) is 11.5 Å². The van der Waals surface area contributed by atoms with Gasteiger partial charge in [0.05, 0.1) is 18.5 Å². The zero-order chi connectivity index (χ0) is 18.7. The molecule has 0 bridgehead atoms. The van der Waals surface area contributed by atoms with E-state index >= 15 is 0 Å². The van der Waals surface area contributed by atoms with Crippen molar-refractivity contribution in [3.63, 3.8) is 0 Å². The minimum Gasteiger partial charge on any atom is -0.454 e. The van der Waals surface area contributed by atoms with Crippen molar-refractivity contribution in [3.8, 4) is 11.5 Å². The summed E-state index contributed by atoms with van der Waals surface area (Å²) in [5.74, 6) is -0.0172. The lowest BCUT2D eigenvalue weighted by atomic mass is 10.2. The summed E-state index contributed by atoms with van der Waals surface area (Å²) in [7, 11) is -3.71. The van der Waals surface area contributed by atoms with Crippen molar-refractivity contribution in [3.05, 3.63) is 53.8 Å². The molecule has 9 heteroatoms. The van der Waals surface area contributed by atoms with E-state index in [0.717, 1.165) is 10.6 Å². The van der Waals surface area contributed by atoms with Crippen molar-refractivity contribution in [2.75, 3.05) is 30.4 Å². The van der Waals surface area contributed by atoms with Gasteiger partial charge in [-0.2, -0.15) is 0 Å². The molecule has 7 nitrogen and oxygen atoms in total. The molecule has 0 aliphatic carbocycles. The predicted octanol–water partition coefficient (Wildman–Crippen LogP) is 1.75. The molecular weight excluding hydrogens is 363 g/mol. The Hall–Kier alpha value is -2.81. The summed E-state index contributed by atoms with van der Waals surface area (Å²) in [6.45, 7) is 0.0110. The molecule has 3 rings (SSSR count). The first-order valence-electron chi connectivity index (χ1n) is 7.76. The molecule has 26 heavy (non-hydrogen) atoms. The smallest absolute Gasteiger partial charge is 0.251 e. The van der Waals surface area contributed by atoms with Gasteiger partial charge in [-0.1, -0.05) is 12.1 Å². The lowest BCUT2D eigenvalue weighted by Crippen LogP contribution is -2.38. The molecule has 1 heterocycles. The van der Waals surface area contributed by atoms with E-state index in [1.165, 1.54) is 18.2 Å². The van der Waals surface area contributed by atoms with E-state index in [2.05, 4.69) is 5.32 Å². The second kappa shape index (κ2) is 7.20. The molecule has 0 atom stereocenters. The number of benzene rings is 2. The zero-order valence-corrected chi connectivity index (χ0v) is 14.8. The normalized spacial score (nSPS) is 12.7. The number of ether oxygens (including phenoxy) is 2. The highest BCUT2D eigenvalue weighted by atomic mass is 32.2. The molecule has 2 aromatic rings. The first kappa shape index (κ1) is 18.0. The number of para-hydroxylation sites is 1. The number of hydrogen-bond donors (Lipinski definition) is 1. The molecule has 0 fully saturated rings. The number of rotatable bonds is 6. The lowest BCUT2D eigenvalue weighted by molar-refractivity contribution is 0.0954. The number of halogens is 1. The first-order valence-corrected chi connectivity index (χ1v) is 9.61. The Bertz CT molecular complexity index is 933. The van der Waals surface area contributed by atoms with Crippen molar-refractivity contribution in [2.45, 2.75) is 0 Å². The van der Waals surface area contributed by atoms with E-state index in [-0.39, 0.29) is 25.6 Å². The fourth-order valence-corrected chi connectivity index (χ4v) is 3.46. The fraction of sp³-hybridized carbons (Fsp3) is 0.235. The summed E-state index contributed by atoms with van der Waals surface area (Å²) < 4.78 is 49.2. The number of amides is 1. The fourth-order valence-electron chi connectivity index (χ4n) is 2.53. The lowest BCUT2D eigenvalue weighted by Gasteiger charge is -2.23. The summed E-state index contributed by atoms with van der Waals surface area (Å²) in [5, 5.41) is 2.62. The Balaban J connectivity index is 1.67. The van der Waals surface area contributed by atoms with E-state index in [4.69, 9.17) is 9.47 Å². The number of hydrogen-bond acceptors (Lipinski definition) is 5. The molecule has 1 N–H and O–H groups in total. The third-order valence-corrected chi connectivity index (χ3v) is 4.94. The third-order valence-electron chi connectivity index (χ3n) is 3.76. The summed E-state index contributed by atoms with van der Waals surface area (Å²) in [6, 6.07) is 10.3. The molecule has 0 unspecified atom stereocenters. The average molecular weight is 380 g/mol. The minimum absolute atomic E-state index is 0.00861. The van der Waals surface area contributed by atoms with Crippen LogP contribution in [0.2, 0.25) is 0 Å². The SMILES string of the molecule is CS(=O)(=O)N(CCNC(=O)c1ccc2c(c1)OCO2)c1ccccc1F. The Morgan fingerprint density at radius 3 is 2.65 bits per heavy atom. The van der Waals surface area contributed by atoms with Gasteiger partial charge in [-0.05, 0) is 30.3 Å². The zero-order valence-electron chi connectivity index (χ0n) is 13.9. The van der Waals surface area contributed by atoms with Gasteiger partial charge in [0.25, 0.3) is 5.91 Å². The second-order valence-electron chi connectivity index (χ2n) is 5.61. The molecule has 0 saturated heterocycles. The molecule has 138 valence electrons. The van der Waals surface area contributed by atoms with Crippen LogP contribution in [-0.4, -0.2) is 40.5 Å². The van der Waals surface area contributed by atoms with Crippen LogP contribution in [0, 0.1) is 5.82 Å². The topological polar surface area (TPSA) is 84.9 Å². The molecule has 0 aromatic heterocycles. The van der Waals surface area contributed by atoms with Gasteiger partial charge in [0.2, 0.25) is 16.8 Å². The Morgan fingerprint density at radius 1 is 1.19 bits per heavy atom. The summed E-state index contributed by atoms with van der Waals surface area (Å²) >= 11 is 0. The third kappa shape index (κ3) is 3.88. The number of nitrogens with one attached hydrogen (secondary N) is 1. The molecule has 0 spiro atoms. The van der Waals surface area contributed by atoms with Gasteiger partial charge in [0.1, 0.15) is 5.82 Å². The van der Waals surface area contributed by atoms with Crippen LogP contribution in [0.1, 0.15) is 10.4 Å². The minimum atomic E-state index is -3.71. The van der Waals surface area contributed by atoms with Gasteiger partial charge < -0.3 is 14.8 Å². The highest BCUT2D eigenvalue weighted by molar-refractivity contribution is 7.92. The standard InChI is InChI=1S/C17H17FN2O5S/c1-26(22,23)20(14-5-3-2-4-13(14)18)9-8-19-17(21)12-6-7-15-16(10-12)25-11-24-15/h2-7,10H,8-9,11H2,1H3,(H,19,21). The van der Waals surface area contributed by atoms with Crippen LogP contribution in [-0.2, 0) is 10.0 Å². The molecular formula is C17H17FN2O5S. The molecule has 0 radical (unpaired) electrons. The molecule has 1 aliphatic heterocycles. The summed E-state index contributed by atoms with van der Waals surface area (Å²) in [5.41, 5.74) is 0.290. The monoisotopic (exact) mass is 380 g/mol. The number of sulfonamides is 1. The van der Waals surface area contributed by atoms with Gasteiger partial charge in [-0.25, -0.2) is 12.8 Å². The van der Waals surface area contributed by atoms with Crippen molar-refractivity contribution in [1.82, 2.24) is 5.32 Å². The van der Waals surface area contributed by atoms with Crippen molar-refractivity contribution < 1.29 is 27.1 Å². The van der Waals surface area contributed by atoms with E-state index in [1.54, 1.807) is 24.3 Å². The van der Waals surface area contributed by atoms with Crippen molar-refractivity contribution in [1.29, 1.82) is 0 Å². The maximum absolute atomic E-state index is 13.9. The second-order valence-corrected chi connectivity index (χ2v) is 7.52. The van der Waals surface area contributed by atoms with Gasteiger partial charge in [0.15, 0.2) is 11.5 Å². The molecule has 1 aliphatic rings. The highest BCUT2D eigenvalue weighted by Crippen LogP contribution is 2.32. The number of carbonyl (C=O) groups excluding carboxylic acids is 1. The van der Waals surface area contributed by atoms with Gasteiger partial charge in [-0.15, -0.1) is 0 Å². The average Bonchev–Trinajstić information content (AvgIpc) is 3.06. The number of nitrogens with zero attached hydrogens (tertiary/aromatic N) is 1. The quantitative estimate of drug-likeness (QED) is 0.825. The molecule has 2 aromatic carbocycles. The van der Waals surface area contributed by atoms with Crippen LogP contribution in [0.25, 0.3) is 0 Å². The van der Waals surface area contributed by atoms with Crippen LogP contribution in [0.15, 0.2) is 42.5 Å². The van der Waals surface area contributed by atoms with Crippen molar-refractivity contribution in [2.24, 2.45) is 0 Å². The maximum atomic E-state index is 13.9. The summed E-state index contributed by atoms with van der Waals surface area (Å²) in [4.78, 5) is 12.2. The van der Waals surface area contributed by atoms with Crippen LogP contribution >= 0.6 is 0 Å². The number of anilines is 1. The van der Waals surface area contributed by atoms with Gasteiger partial charge in [-0.3, -0.25) is 9.10 Å². The van der Waals surface area contributed by atoms with Gasteiger partial charge in [0, 0.05) is 12.1 Å². The van der Waals surface area contributed by atoms with Gasteiger partial charge >= 0.3 is 0 Å². The largest absolute Gasteiger partial charge is 0.454 e. The highest BCUT2D eigenvalue weighted by Gasteiger charge is 2.21. The molecule has 1 amide bonds. The maximum Gasteiger partial charge on any atom is 0.251 e. The summed E-state index contributed by atoms with van der Waals surface area (Å²) in [6.07, 6.45) is 0.985. The van der Waals surface area contributed by atoms with E-state index < -0.39 is 21.7 Å². The number of fused-ring (bicyclic) bond motifs is 1. The van der Waals surface area contributed by atoms with Crippen LogP contribution < -0.4 is 19.1 Å². The Morgan fingerprint density at radius 2 is 1.92 bits per heavy atom. The Labute approximate surface area is 150 Å². The predicted molar refractivity (Wildman–Crippen MR) is 93.5 cm³/mol. The van der Waals surface area contributed by atoms with E-state index in [0.29, 0.717) is 17.1 Å². The first-order chi connectivity index (χ1) is 12.4. The van der Waals surface area contributed by atoms with Crippen LogP contribution in [0.3, 0.4) is 0 Å². The van der Waals surface area contributed by atoms with E-state index in [1.807, 2.05) is 0 Å². The Kier molecular flexibility index (Phi) is 4.99. The molecule has 0 saturated carbocycles. The number of carbonyl (C=O) groups is 1.